The average Bonchev–Trinajstić information content (AvgIpc) is 3.27. The molecule has 1 aliphatic rings. The second-order valence-corrected chi connectivity index (χ2v) is 8.59. The number of thioether (sulfide) groups is 1. The number of sulfonamides is 1. The number of rotatable bonds is 8. The van der Waals surface area contributed by atoms with E-state index in [1.165, 1.54) is 17.1 Å². The summed E-state index contributed by atoms with van der Waals surface area (Å²) in [6.45, 7) is 3.30. The highest BCUT2D eigenvalue weighted by molar-refractivity contribution is 7.98. The summed E-state index contributed by atoms with van der Waals surface area (Å²) >= 11 is 1.65. The van der Waals surface area contributed by atoms with Crippen LogP contribution in [0.1, 0.15) is 24.0 Å². The Morgan fingerprint density at radius 2 is 2.10 bits per heavy atom. The van der Waals surface area contributed by atoms with Gasteiger partial charge in [-0.05, 0) is 49.3 Å². The average molecular weight is 329 g/mol. The normalized spacial score (nSPS) is 15.6. The van der Waals surface area contributed by atoms with Gasteiger partial charge in [-0.2, -0.15) is 11.8 Å². The van der Waals surface area contributed by atoms with Crippen molar-refractivity contribution in [3.8, 4) is 0 Å². The number of hydrogen-bond acceptors (Lipinski definition) is 4. The maximum Gasteiger partial charge on any atom is 0.242 e. The van der Waals surface area contributed by atoms with Gasteiger partial charge in [0.2, 0.25) is 10.0 Å². The zero-order valence-electron chi connectivity index (χ0n) is 12.9. The highest BCUT2D eigenvalue weighted by atomic mass is 32.2. The van der Waals surface area contributed by atoms with Crippen LogP contribution in [0.4, 0.5) is 0 Å². The minimum Gasteiger partial charge on any atom is -0.310 e. The summed E-state index contributed by atoms with van der Waals surface area (Å²) in [4.78, 5) is 0.393. The monoisotopic (exact) mass is 328 g/mol. The van der Waals surface area contributed by atoms with Gasteiger partial charge in [0.25, 0.3) is 0 Å². The van der Waals surface area contributed by atoms with Crippen molar-refractivity contribution in [3.63, 3.8) is 0 Å². The molecule has 1 fully saturated rings. The molecule has 1 saturated carbocycles. The zero-order chi connectivity index (χ0) is 15.5. The molecule has 1 aromatic rings. The molecule has 0 aromatic heterocycles. The molecular weight excluding hydrogens is 304 g/mol. The Morgan fingerprint density at radius 3 is 2.71 bits per heavy atom. The first kappa shape index (κ1) is 16.8. The van der Waals surface area contributed by atoms with E-state index in [0.29, 0.717) is 17.5 Å². The SMILES string of the molecule is CSCCN(C)S(=O)(=O)c1ccc(C)c(CNC2CC2)c1. The first-order chi connectivity index (χ1) is 9.95. The third-order valence-electron chi connectivity index (χ3n) is 3.80. The van der Waals surface area contributed by atoms with Gasteiger partial charge in [0, 0.05) is 31.9 Å². The van der Waals surface area contributed by atoms with E-state index in [-0.39, 0.29) is 0 Å². The van der Waals surface area contributed by atoms with Gasteiger partial charge in [-0.3, -0.25) is 0 Å². The largest absolute Gasteiger partial charge is 0.310 e. The van der Waals surface area contributed by atoms with Gasteiger partial charge in [-0.15, -0.1) is 0 Å². The van der Waals surface area contributed by atoms with Gasteiger partial charge in [-0.1, -0.05) is 6.07 Å². The lowest BCUT2D eigenvalue weighted by molar-refractivity contribution is 0.488. The molecule has 0 aliphatic heterocycles. The second-order valence-electron chi connectivity index (χ2n) is 5.56. The summed E-state index contributed by atoms with van der Waals surface area (Å²) in [5, 5.41) is 3.44. The molecule has 0 atom stereocenters. The van der Waals surface area contributed by atoms with E-state index in [0.717, 1.165) is 23.4 Å². The van der Waals surface area contributed by atoms with Crippen LogP contribution in [0.2, 0.25) is 0 Å². The number of nitrogens with zero attached hydrogens (tertiary/aromatic N) is 1. The van der Waals surface area contributed by atoms with Crippen molar-refractivity contribution < 1.29 is 8.42 Å². The van der Waals surface area contributed by atoms with Gasteiger partial charge in [0.1, 0.15) is 0 Å². The van der Waals surface area contributed by atoms with Gasteiger partial charge < -0.3 is 5.32 Å². The van der Waals surface area contributed by atoms with Crippen molar-refractivity contribution >= 4 is 21.8 Å². The fourth-order valence-electron chi connectivity index (χ4n) is 2.06. The van der Waals surface area contributed by atoms with Crippen LogP contribution in [0.15, 0.2) is 23.1 Å². The Labute approximate surface area is 132 Å². The molecule has 21 heavy (non-hydrogen) atoms. The first-order valence-corrected chi connectivity index (χ1v) is 10.1. The fourth-order valence-corrected chi connectivity index (χ4v) is 3.86. The topological polar surface area (TPSA) is 49.4 Å². The molecule has 0 spiro atoms. The van der Waals surface area contributed by atoms with Crippen LogP contribution in [-0.2, 0) is 16.6 Å². The highest BCUT2D eigenvalue weighted by Crippen LogP contribution is 2.22. The van der Waals surface area contributed by atoms with Crippen molar-refractivity contribution in [2.75, 3.05) is 25.6 Å². The molecule has 0 saturated heterocycles. The van der Waals surface area contributed by atoms with Crippen molar-refractivity contribution in [1.82, 2.24) is 9.62 Å². The van der Waals surface area contributed by atoms with Crippen LogP contribution < -0.4 is 5.32 Å². The molecule has 4 nitrogen and oxygen atoms in total. The lowest BCUT2D eigenvalue weighted by Crippen LogP contribution is -2.29. The lowest BCUT2D eigenvalue weighted by atomic mass is 10.1. The summed E-state index contributed by atoms with van der Waals surface area (Å²) in [7, 11) is -1.73. The predicted molar refractivity (Wildman–Crippen MR) is 89.2 cm³/mol. The molecule has 0 unspecified atom stereocenters. The Hall–Kier alpha value is -0.560. The lowest BCUT2D eigenvalue weighted by Gasteiger charge is -2.18. The quantitative estimate of drug-likeness (QED) is 0.795. The molecule has 2 rings (SSSR count). The van der Waals surface area contributed by atoms with Crippen molar-refractivity contribution in [2.24, 2.45) is 0 Å². The molecule has 1 aliphatic carbocycles. The van der Waals surface area contributed by atoms with E-state index in [2.05, 4.69) is 5.32 Å². The van der Waals surface area contributed by atoms with Crippen molar-refractivity contribution in [1.29, 1.82) is 0 Å². The summed E-state index contributed by atoms with van der Waals surface area (Å²) < 4.78 is 26.5. The van der Waals surface area contributed by atoms with Crippen LogP contribution in [0.5, 0.6) is 0 Å². The third kappa shape index (κ3) is 4.45. The molecule has 1 N–H and O–H groups in total. The summed E-state index contributed by atoms with van der Waals surface area (Å²) in [6, 6.07) is 6.05. The molecule has 0 heterocycles. The number of hydrogen-bond donors (Lipinski definition) is 1. The van der Waals surface area contributed by atoms with Gasteiger partial charge in [-0.25, -0.2) is 12.7 Å². The van der Waals surface area contributed by atoms with Crippen molar-refractivity contribution in [3.05, 3.63) is 29.3 Å². The van der Waals surface area contributed by atoms with Crippen LogP contribution in [0.3, 0.4) is 0 Å². The maximum atomic E-state index is 12.5. The van der Waals surface area contributed by atoms with Crippen LogP contribution in [-0.4, -0.2) is 44.4 Å². The minimum atomic E-state index is -3.38. The van der Waals surface area contributed by atoms with E-state index in [1.54, 1.807) is 24.9 Å². The number of aryl methyl sites for hydroxylation is 1. The second kappa shape index (κ2) is 7.13. The molecule has 118 valence electrons. The molecule has 6 heteroatoms. The zero-order valence-corrected chi connectivity index (χ0v) is 14.6. The van der Waals surface area contributed by atoms with Gasteiger partial charge in [0.05, 0.1) is 4.90 Å². The van der Waals surface area contributed by atoms with Crippen molar-refractivity contribution in [2.45, 2.75) is 37.2 Å². The van der Waals surface area contributed by atoms with Crippen LogP contribution in [0, 0.1) is 6.92 Å². The molecule has 0 radical (unpaired) electrons. The Morgan fingerprint density at radius 1 is 1.38 bits per heavy atom. The first-order valence-electron chi connectivity index (χ1n) is 7.23. The van der Waals surface area contributed by atoms with Gasteiger partial charge in [0.15, 0.2) is 0 Å². The van der Waals surface area contributed by atoms with E-state index in [9.17, 15) is 8.42 Å². The predicted octanol–water partition coefficient (Wildman–Crippen LogP) is 2.23. The number of benzene rings is 1. The number of nitrogens with one attached hydrogen (secondary N) is 1. The Balaban J connectivity index is 2.15. The third-order valence-corrected chi connectivity index (χ3v) is 6.24. The van der Waals surface area contributed by atoms with E-state index in [1.807, 2.05) is 25.3 Å². The maximum absolute atomic E-state index is 12.5. The summed E-state index contributed by atoms with van der Waals surface area (Å²) in [5.74, 6) is 0.803. The molecule has 0 bridgehead atoms. The minimum absolute atomic E-state index is 0.393. The Bertz CT molecular complexity index is 583. The van der Waals surface area contributed by atoms with E-state index in [4.69, 9.17) is 0 Å². The van der Waals surface area contributed by atoms with E-state index >= 15 is 0 Å². The van der Waals surface area contributed by atoms with E-state index < -0.39 is 10.0 Å². The summed E-state index contributed by atoms with van der Waals surface area (Å²) in [5.41, 5.74) is 2.20. The van der Waals surface area contributed by atoms with Crippen LogP contribution >= 0.6 is 11.8 Å². The van der Waals surface area contributed by atoms with Gasteiger partial charge >= 0.3 is 0 Å². The Kier molecular flexibility index (Phi) is 5.71. The smallest absolute Gasteiger partial charge is 0.242 e. The van der Waals surface area contributed by atoms with Crippen LogP contribution in [0.25, 0.3) is 0 Å². The highest BCUT2D eigenvalue weighted by Gasteiger charge is 2.23. The standard InChI is InChI=1S/C15H24N2O2S2/c1-12-4-7-15(10-13(12)11-16-14-5-6-14)21(18,19)17(2)8-9-20-3/h4,7,10,14,16H,5-6,8-9,11H2,1-3H3. The summed E-state index contributed by atoms with van der Waals surface area (Å²) in [6.07, 6.45) is 4.44. The molecule has 1 aromatic carbocycles. The molecular formula is C15H24N2O2S2. The fraction of sp³-hybridized carbons (Fsp3) is 0.600. The molecule has 0 amide bonds.